The van der Waals surface area contributed by atoms with Crippen molar-refractivity contribution in [3.05, 3.63) is 59.5 Å². The molecule has 0 spiro atoms. The normalized spacial score (nSPS) is 13.0. The van der Waals surface area contributed by atoms with Crippen LogP contribution in [-0.2, 0) is 23.3 Å². The summed E-state index contributed by atoms with van der Waals surface area (Å²) in [5.41, 5.74) is 2.49. The fourth-order valence-corrected chi connectivity index (χ4v) is 2.46. The molecule has 1 aromatic heterocycles. The number of carboxylic acids is 1. The first-order valence-electron chi connectivity index (χ1n) is 7.50. The predicted octanol–water partition coefficient (Wildman–Crippen LogP) is 0.912. The Morgan fingerprint density at radius 2 is 1.82 bits per heavy atom. The zero-order valence-corrected chi connectivity index (χ0v) is 13.4. The second kappa shape index (κ2) is 6.79. The molecule has 0 amide bonds. The molecule has 0 fully saturated rings. The Morgan fingerprint density at radius 3 is 2.32 bits per heavy atom. The molecular weight excluding hydrogens is 278 g/mol. The summed E-state index contributed by atoms with van der Waals surface area (Å²) in [5, 5.41) is 11.0. The number of nitrogens with one attached hydrogen (secondary N) is 1. The molecule has 0 saturated heterocycles. The van der Waals surface area contributed by atoms with E-state index in [0.29, 0.717) is 13.1 Å². The standard InChI is InChI=1S/C18H23NO3/c1-18(2,3)15-8-6-14(7-9-15)11-19(13-17(20)21)12-16-5-4-10-22-16/h4-10H,11-13H2,1-3H3,(H,20,21). The van der Waals surface area contributed by atoms with Crippen LogP contribution in [0.3, 0.4) is 0 Å². The fraction of sp³-hybridized carbons (Fsp3) is 0.389. The molecule has 1 heterocycles. The van der Waals surface area contributed by atoms with Gasteiger partial charge < -0.3 is 19.2 Å². The minimum Gasteiger partial charge on any atom is -0.544 e. The molecule has 118 valence electrons. The third-order valence-corrected chi connectivity index (χ3v) is 3.67. The molecule has 4 heteroatoms. The summed E-state index contributed by atoms with van der Waals surface area (Å²) in [7, 11) is 0. The van der Waals surface area contributed by atoms with Gasteiger partial charge in [0.25, 0.3) is 0 Å². The average Bonchev–Trinajstić information content (AvgIpc) is 2.90. The number of furan rings is 1. The number of carboxylic acid groups (broad SMARTS) is 1. The molecule has 0 aliphatic heterocycles. The van der Waals surface area contributed by atoms with E-state index in [1.807, 2.05) is 12.1 Å². The van der Waals surface area contributed by atoms with Gasteiger partial charge in [-0.05, 0) is 23.1 Å². The highest BCUT2D eigenvalue weighted by Crippen LogP contribution is 2.21. The number of aliphatic carboxylic acids is 1. The summed E-state index contributed by atoms with van der Waals surface area (Å²) in [4.78, 5) is 11.8. The Labute approximate surface area is 131 Å². The first-order chi connectivity index (χ1) is 10.3. The number of quaternary nitrogens is 1. The molecule has 2 aromatic rings. The summed E-state index contributed by atoms with van der Waals surface area (Å²) in [6.07, 6.45) is 1.60. The Balaban J connectivity index is 2.07. The van der Waals surface area contributed by atoms with Crippen molar-refractivity contribution in [2.45, 2.75) is 39.3 Å². The zero-order valence-electron chi connectivity index (χ0n) is 13.4. The van der Waals surface area contributed by atoms with Gasteiger partial charge in [0.05, 0.1) is 12.2 Å². The van der Waals surface area contributed by atoms with Gasteiger partial charge in [-0.15, -0.1) is 0 Å². The quantitative estimate of drug-likeness (QED) is 0.863. The summed E-state index contributed by atoms with van der Waals surface area (Å²) in [6.45, 7) is 7.63. The van der Waals surface area contributed by atoms with E-state index in [1.165, 1.54) is 5.56 Å². The summed E-state index contributed by atoms with van der Waals surface area (Å²) >= 11 is 0. The van der Waals surface area contributed by atoms with E-state index in [0.717, 1.165) is 16.2 Å². The Bertz CT molecular complexity index is 594. The highest BCUT2D eigenvalue weighted by atomic mass is 16.4. The summed E-state index contributed by atoms with van der Waals surface area (Å²) in [5.74, 6) is -0.268. The van der Waals surface area contributed by atoms with Gasteiger partial charge in [0, 0.05) is 5.56 Å². The highest BCUT2D eigenvalue weighted by Gasteiger charge is 2.15. The molecule has 0 saturated carbocycles. The lowest BCUT2D eigenvalue weighted by Crippen LogP contribution is -3.10. The van der Waals surface area contributed by atoms with Crippen LogP contribution in [0.15, 0.2) is 47.1 Å². The van der Waals surface area contributed by atoms with E-state index in [4.69, 9.17) is 4.42 Å². The largest absolute Gasteiger partial charge is 0.544 e. The SMILES string of the molecule is CC(C)(C)c1ccc(C[NH+](CC(=O)[O-])Cc2ccco2)cc1. The predicted molar refractivity (Wildman–Crippen MR) is 82.1 cm³/mol. The van der Waals surface area contributed by atoms with E-state index in [-0.39, 0.29) is 12.0 Å². The minimum absolute atomic E-state index is 0.0400. The van der Waals surface area contributed by atoms with Gasteiger partial charge in [-0.25, -0.2) is 0 Å². The highest BCUT2D eigenvalue weighted by molar-refractivity contribution is 5.65. The Kier molecular flexibility index (Phi) is 5.03. The van der Waals surface area contributed by atoms with E-state index in [9.17, 15) is 9.90 Å². The van der Waals surface area contributed by atoms with Gasteiger partial charge in [-0.2, -0.15) is 0 Å². The number of carbonyl (C=O) groups is 1. The fourth-order valence-electron chi connectivity index (χ4n) is 2.46. The molecule has 1 unspecified atom stereocenters. The molecule has 4 nitrogen and oxygen atoms in total. The third-order valence-electron chi connectivity index (χ3n) is 3.67. The van der Waals surface area contributed by atoms with Crippen molar-refractivity contribution >= 4 is 5.97 Å². The molecule has 0 radical (unpaired) electrons. The van der Waals surface area contributed by atoms with Gasteiger partial charge >= 0.3 is 0 Å². The van der Waals surface area contributed by atoms with Crippen molar-refractivity contribution in [2.24, 2.45) is 0 Å². The molecule has 0 aliphatic carbocycles. The number of carbonyl (C=O) groups excluding carboxylic acids is 1. The first-order valence-corrected chi connectivity index (χ1v) is 7.50. The average molecular weight is 301 g/mol. The molecule has 0 bridgehead atoms. The first kappa shape index (κ1) is 16.3. The molecule has 1 atom stereocenters. The van der Waals surface area contributed by atoms with Crippen LogP contribution in [0, 0.1) is 0 Å². The molecule has 1 aromatic carbocycles. The number of hydrogen-bond acceptors (Lipinski definition) is 3. The topological polar surface area (TPSA) is 57.7 Å². The lowest BCUT2D eigenvalue weighted by molar-refractivity contribution is -0.922. The number of hydrogen-bond donors (Lipinski definition) is 1. The van der Waals surface area contributed by atoms with Crippen LogP contribution in [0.25, 0.3) is 0 Å². The van der Waals surface area contributed by atoms with E-state index >= 15 is 0 Å². The summed E-state index contributed by atoms with van der Waals surface area (Å²) < 4.78 is 5.31. The zero-order chi connectivity index (χ0) is 16.2. The van der Waals surface area contributed by atoms with Gasteiger partial charge in [0.2, 0.25) is 0 Å². The maximum absolute atomic E-state index is 11.0. The van der Waals surface area contributed by atoms with Crippen LogP contribution in [0.5, 0.6) is 0 Å². The van der Waals surface area contributed by atoms with Crippen LogP contribution in [-0.4, -0.2) is 12.5 Å². The molecule has 2 rings (SSSR count). The van der Waals surface area contributed by atoms with Gasteiger partial charge in [-0.1, -0.05) is 45.0 Å². The van der Waals surface area contributed by atoms with Crippen molar-refractivity contribution in [3.8, 4) is 0 Å². The molecule has 1 N–H and O–H groups in total. The summed E-state index contributed by atoms with van der Waals surface area (Å²) in [6, 6.07) is 12.0. The third kappa shape index (κ3) is 4.74. The number of benzene rings is 1. The number of rotatable bonds is 6. The Morgan fingerprint density at radius 1 is 1.14 bits per heavy atom. The lowest BCUT2D eigenvalue weighted by atomic mass is 9.87. The smallest absolute Gasteiger partial charge is 0.157 e. The molecule has 0 aliphatic rings. The Hall–Kier alpha value is -2.07. The van der Waals surface area contributed by atoms with E-state index < -0.39 is 5.97 Å². The molecular formula is C18H23NO3. The second-order valence-corrected chi connectivity index (χ2v) is 6.68. The second-order valence-electron chi connectivity index (χ2n) is 6.68. The molecule has 22 heavy (non-hydrogen) atoms. The van der Waals surface area contributed by atoms with Gasteiger partial charge in [-0.3, -0.25) is 0 Å². The van der Waals surface area contributed by atoms with Gasteiger partial charge in [0.1, 0.15) is 19.6 Å². The maximum atomic E-state index is 11.0. The van der Waals surface area contributed by atoms with Crippen LogP contribution in [0.1, 0.15) is 37.7 Å². The van der Waals surface area contributed by atoms with Crippen LogP contribution in [0.2, 0.25) is 0 Å². The van der Waals surface area contributed by atoms with Crippen molar-refractivity contribution in [1.82, 2.24) is 0 Å². The minimum atomic E-state index is -1.05. The lowest BCUT2D eigenvalue weighted by Gasteiger charge is -2.21. The van der Waals surface area contributed by atoms with Crippen LogP contribution < -0.4 is 10.0 Å². The van der Waals surface area contributed by atoms with Crippen molar-refractivity contribution in [3.63, 3.8) is 0 Å². The van der Waals surface area contributed by atoms with Gasteiger partial charge in [0.15, 0.2) is 5.76 Å². The van der Waals surface area contributed by atoms with Crippen molar-refractivity contribution < 1.29 is 19.2 Å². The van der Waals surface area contributed by atoms with Crippen molar-refractivity contribution in [2.75, 3.05) is 6.54 Å². The maximum Gasteiger partial charge on any atom is 0.157 e. The van der Waals surface area contributed by atoms with E-state index in [2.05, 4.69) is 45.0 Å². The van der Waals surface area contributed by atoms with E-state index in [1.54, 1.807) is 6.26 Å². The van der Waals surface area contributed by atoms with Crippen LogP contribution >= 0.6 is 0 Å². The van der Waals surface area contributed by atoms with Crippen molar-refractivity contribution in [1.29, 1.82) is 0 Å². The van der Waals surface area contributed by atoms with Crippen LogP contribution in [0.4, 0.5) is 0 Å². The monoisotopic (exact) mass is 301 g/mol.